The standard InChI is InChI=1S/C23H22ClFN4O3/c1-2-3-4-22(30)29-20-10-16-19(11-21(20)32-15-7-8-31-12-15)26-13-27-23(16)28-14-5-6-18(25)17(24)9-14/h3-6,9-11,13,15H,2,7-8,12H2,1H3,(H,29,30)(H,26,27,28)/b4-3+/t15-/m0/s1. The number of amides is 1. The van der Waals surface area contributed by atoms with Gasteiger partial charge in [-0.3, -0.25) is 4.79 Å². The number of halogens is 2. The van der Waals surface area contributed by atoms with Gasteiger partial charge < -0.3 is 20.1 Å². The normalized spacial score (nSPS) is 15.9. The molecule has 1 amide bonds. The highest BCUT2D eigenvalue weighted by atomic mass is 35.5. The van der Waals surface area contributed by atoms with Crippen LogP contribution in [0.3, 0.4) is 0 Å². The molecule has 2 N–H and O–H groups in total. The fraction of sp³-hybridized carbons (Fsp3) is 0.261. The number of hydrogen-bond donors (Lipinski definition) is 2. The lowest BCUT2D eigenvalue weighted by Gasteiger charge is -2.17. The maximum atomic E-state index is 13.5. The van der Waals surface area contributed by atoms with E-state index >= 15 is 0 Å². The van der Waals surface area contributed by atoms with Crippen molar-refractivity contribution in [1.29, 1.82) is 0 Å². The molecule has 0 aliphatic carbocycles. The van der Waals surface area contributed by atoms with E-state index in [1.807, 2.05) is 6.92 Å². The van der Waals surface area contributed by atoms with Gasteiger partial charge in [0.1, 0.15) is 29.8 Å². The molecule has 2 heterocycles. The molecule has 32 heavy (non-hydrogen) atoms. The fourth-order valence-electron chi connectivity index (χ4n) is 3.27. The molecule has 2 aromatic carbocycles. The number of aromatic nitrogens is 2. The Bertz CT molecular complexity index is 1170. The van der Waals surface area contributed by atoms with Crippen molar-refractivity contribution in [2.45, 2.75) is 25.9 Å². The molecule has 4 rings (SSSR count). The van der Waals surface area contributed by atoms with Crippen molar-refractivity contribution in [3.8, 4) is 5.75 Å². The van der Waals surface area contributed by atoms with Crippen molar-refractivity contribution < 1.29 is 18.7 Å². The highest BCUT2D eigenvalue weighted by Crippen LogP contribution is 2.35. The van der Waals surface area contributed by atoms with Crippen molar-refractivity contribution in [1.82, 2.24) is 9.97 Å². The van der Waals surface area contributed by atoms with Gasteiger partial charge in [0.2, 0.25) is 5.91 Å². The Hall–Kier alpha value is -3.23. The van der Waals surface area contributed by atoms with Gasteiger partial charge in [-0.1, -0.05) is 24.6 Å². The molecule has 1 fully saturated rings. The van der Waals surface area contributed by atoms with Gasteiger partial charge in [0.25, 0.3) is 0 Å². The molecule has 0 radical (unpaired) electrons. The number of hydrogen-bond acceptors (Lipinski definition) is 6. The molecular formula is C23H22ClFN4O3. The average Bonchev–Trinajstić information content (AvgIpc) is 3.29. The Morgan fingerprint density at radius 2 is 2.22 bits per heavy atom. The van der Waals surface area contributed by atoms with Crippen LogP contribution in [0.15, 0.2) is 48.8 Å². The number of allylic oxidation sites excluding steroid dienone is 1. The van der Waals surface area contributed by atoms with Crippen LogP contribution in [0.2, 0.25) is 5.02 Å². The third-order valence-corrected chi connectivity index (χ3v) is 5.15. The van der Waals surface area contributed by atoms with Gasteiger partial charge in [-0.15, -0.1) is 0 Å². The SMILES string of the molecule is CC/C=C/C(=O)Nc1cc2c(Nc3ccc(F)c(Cl)c3)ncnc2cc1O[C@H]1CCOC1. The van der Waals surface area contributed by atoms with Crippen molar-refractivity contribution in [3.63, 3.8) is 0 Å². The topological polar surface area (TPSA) is 85.4 Å². The third-order valence-electron chi connectivity index (χ3n) is 4.86. The minimum atomic E-state index is -0.507. The molecule has 166 valence electrons. The Kier molecular flexibility index (Phi) is 6.82. The monoisotopic (exact) mass is 456 g/mol. The molecule has 7 nitrogen and oxygen atoms in total. The molecule has 1 aliphatic rings. The number of nitrogens with zero attached hydrogens (tertiary/aromatic N) is 2. The van der Waals surface area contributed by atoms with Crippen LogP contribution in [-0.2, 0) is 9.53 Å². The summed E-state index contributed by atoms with van der Waals surface area (Å²) in [5.41, 5.74) is 1.67. The molecule has 0 saturated carbocycles. The zero-order valence-corrected chi connectivity index (χ0v) is 18.2. The molecular weight excluding hydrogens is 435 g/mol. The van der Waals surface area contributed by atoms with Crippen LogP contribution >= 0.6 is 11.6 Å². The van der Waals surface area contributed by atoms with E-state index in [0.29, 0.717) is 47.1 Å². The van der Waals surface area contributed by atoms with Crippen LogP contribution in [0.5, 0.6) is 5.75 Å². The van der Waals surface area contributed by atoms with E-state index in [2.05, 4.69) is 20.6 Å². The van der Waals surface area contributed by atoms with Crippen molar-refractivity contribution in [2.75, 3.05) is 23.8 Å². The number of rotatable bonds is 7. The number of anilines is 3. The van der Waals surface area contributed by atoms with Gasteiger partial charge in [-0.25, -0.2) is 14.4 Å². The van der Waals surface area contributed by atoms with Crippen LogP contribution in [-0.4, -0.2) is 35.2 Å². The number of fused-ring (bicyclic) bond motifs is 1. The maximum Gasteiger partial charge on any atom is 0.248 e. The van der Waals surface area contributed by atoms with Gasteiger partial charge >= 0.3 is 0 Å². The van der Waals surface area contributed by atoms with Crippen LogP contribution in [0, 0.1) is 5.82 Å². The molecule has 9 heteroatoms. The summed E-state index contributed by atoms with van der Waals surface area (Å²) in [6, 6.07) is 7.82. The predicted molar refractivity (Wildman–Crippen MR) is 122 cm³/mol. The second kappa shape index (κ2) is 9.93. The minimum Gasteiger partial charge on any atom is -0.486 e. The smallest absolute Gasteiger partial charge is 0.248 e. The van der Waals surface area contributed by atoms with E-state index in [4.69, 9.17) is 21.1 Å². The number of carbonyl (C=O) groups is 1. The van der Waals surface area contributed by atoms with E-state index < -0.39 is 5.82 Å². The summed E-state index contributed by atoms with van der Waals surface area (Å²) in [6.07, 6.45) is 6.08. The van der Waals surface area contributed by atoms with Gasteiger partial charge in [0, 0.05) is 23.6 Å². The number of benzene rings is 2. The highest BCUT2D eigenvalue weighted by molar-refractivity contribution is 6.31. The van der Waals surface area contributed by atoms with E-state index in [9.17, 15) is 9.18 Å². The van der Waals surface area contributed by atoms with Crippen molar-refractivity contribution >= 4 is 45.6 Å². The summed E-state index contributed by atoms with van der Waals surface area (Å²) < 4.78 is 25.0. The third kappa shape index (κ3) is 5.15. The van der Waals surface area contributed by atoms with E-state index in [-0.39, 0.29) is 17.0 Å². The van der Waals surface area contributed by atoms with Gasteiger partial charge in [0.15, 0.2) is 0 Å². The first-order chi connectivity index (χ1) is 15.5. The van der Waals surface area contributed by atoms with Gasteiger partial charge in [-0.05, 0) is 36.8 Å². The largest absolute Gasteiger partial charge is 0.486 e. The predicted octanol–water partition coefficient (Wildman–Crippen LogP) is 5.24. The molecule has 1 saturated heterocycles. The molecule has 0 bridgehead atoms. The average molecular weight is 457 g/mol. The van der Waals surface area contributed by atoms with E-state index in [0.717, 1.165) is 12.8 Å². The van der Waals surface area contributed by atoms with Crippen LogP contribution < -0.4 is 15.4 Å². The maximum absolute atomic E-state index is 13.5. The molecule has 0 unspecified atom stereocenters. The summed E-state index contributed by atoms with van der Waals surface area (Å²) in [6.45, 7) is 3.07. The second-order valence-electron chi connectivity index (χ2n) is 7.24. The summed E-state index contributed by atoms with van der Waals surface area (Å²) in [7, 11) is 0. The van der Waals surface area contributed by atoms with Crippen molar-refractivity contribution in [2.24, 2.45) is 0 Å². The Morgan fingerprint density at radius 3 is 2.97 bits per heavy atom. The molecule has 0 spiro atoms. The summed E-state index contributed by atoms with van der Waals surface area (Å²) >= 11 is 5.90. The summed E-state index contributed by atoms with van der Waals surface area (Å²) in [4.78, 5) is 21.0. The quantitative estimate of drug-likeness (QED) is 0.473. The zero-order chi connectivity index (χ0) is 22.5. The lowest BCUT2D eigenvalue weighted by Crippen LogP contribution is -2.18. The molecule has 1 aliphatic heterocycles. The first kappa shape index (κ1) is 22.0. The van der Waals surface area contributed by atoms with Gasteiger partial charge in [-0.2, -0.15) is 0 Å². The Morgan fingerprint density at radius 1 is 1.34 bits per heavy atom. The molecule has 1 atom stereocenters. The van der Waals surface area contributed by atoms with E-state index in [1.54, 1.807) is 24.3 Å². The lowest BCUT2D eigenvalue weighted by atomic mass is 10.1. The van der Waals surface area contributed by atoms with Crippen molar-refractivity contribution in [3.05, 3.63) is 59.7 Å². The zero-order valence-electron chi connectivity index (χ0n) is 17.4. The summed E-state index contributed by atoms with van der Waals surface area (Å²) in [5, 5.41) is 6.66. The second-order valence-corrected chi connectivity index (χ2v) is 7.65. The summed E-state index contributed by atoms with van der Waals surface area (Å²) in [5.74, 6) is 0.205. The fourth-order valence-corrected chi connectivity index (χ4v) is 3.45. The first-order valence-corrected chi connectivity index (χ1v) is 10.6. The van der Waals surface area contributed by atoms with Gasteiger partial charge in [0.05, 0.1) is 29.4 Å². The minimum absolute atomic E-state index is 0.00139. The molecule has 1 aromatic heterocycles. The van der Waals surface area contributed by atoms with Crippen LogP contribution in [0.25, 0.3) is 10.9 Å². The van der Waals surface area contributed by atoms with E-state index in [1.165, 1.54) is 24.5 Å². The number of ether oxygens (including phenoxy) is 2. The van der Waals surface area contributed by atoms with Crippen LogP contribution in [0.1, 0.15) is 19.8 Å². The Labute approximate surface area is 189 Å². The lowest BCUT2D eigenvalue weighted by molar-refractivity contribution is -0.111. The Balaban J connectivity index is 1.72. The first-order valence-electron chi connectivity index (χ1n) is 10.3. The van der Waals surface area contributed by atoms with Crippen LogP contribution in [0.4, 0.5) is 21.6 Å². The molecule has 3 aromatic rings. The number of nitrogens with one attached hydrogen (secondary N) is 2. The number of carbonyl (C=O) groups excluding carboxylic acids is 1. The highest BCUT2D eigenvalue weighted by Gasteiger charge is 2.20.